The van der Waals surface area contributed by atoms with Crippen molar-refractivity contribution in [2.45, 2.75) is 45.6 Å². The van der Waals surface area contributed by atoms with E-state index in [0.29, 0.717) is 6.04 Å². The van der Waals surface area contributed by atoms with Crippen LogP contribution >= 0.6 is 15.9 Å². The first kappa shape index (κ1) is 16.1. The molecule has 0 aliphatic carbocycles. The van der Waals surface area contributed by atoms with Crippen LogP contribution in [-0.2, 0) is 5.41 Å². The molecule has 0 spiro atoms. The first-order valence-corrected chi connectivity index (χ1v) is 8.32. The van der Waals surface area contributed by atoms with Gasteiger partial charge < -0.3 is 5.32 Å². The van der Waals surface area contributed by atoms with Crippen LogP contribution in [0.15, 0.2) is 53.0 Å². The van der Waals surface area contributed by atoms with Crippen molar-refractivity contribution in [1.82, 2.24) is 0 Å². The number of anilines is 1. The molecule has 21 heavy (non-hydrogen) atoms. The average molecular weight is 346 g/mol. The van der Waals surface area contributed by atoms with Gasteiger partial charge in [-0.3, -0.25) is 0 Å². The highest BCUT2D eigenvalue weighted by atomic mass is 79.9. The van der Waals surface area contributed by atoms with E-state index in [1.54, 1.807) is 0 Å². The van der Waals surface area contributed by atoms with Gasteiger partial charge in [0.15, 0.2) is 0 Å². The average Bonchev–Trinajstić information content (AvgIpc) is 2.45. The molecule has 112 valence electrons. The highest BCUT2D eigenvalue weighted by Gasteiger charge is 2.19. The van der Waals surface area contributed by atoms with Crippen LogP contribution in [0.4, 0.5) is 5.69 Å². The number of hydrogen-bond donors (Lipinski definition) is 1. The summed E-state index contributed by atoms with van der Waals surface area (Å²) < 4.78 is 1.12. The third kappa shape index (κ3) is 4.10. The van der Waals surface area contributed by atoms with Gasteiger partial charge in [0.25, 0.3) is 0 Å². The number of rotatable bonds is 4. The molecule has 1 nitrogen and oxygen atoms in total. The predicted molar refractivity (Wildman–Crippen MR) is 95.9 cm³/mol. The van der Waals surface area contributed by atoms with Crippen LogP contribution in [-0.4, -0.2) is 0 Å². The monoisotopic (exact) mass is 345 g/mol. The lowest BCUT2D eigenvalue weighted by Gasteiger charge is -2.27. The van der Waals surface area contributed by atoms with Gasteiger partial charge in [0.2, 0.25) is 0 Å². The van der Waals surface area contributed by atoms with E-state index in [0.717, 1.165) is 10.9 Å². The fraction of sp³-hybridized carbons (Fsp3) is 0.368. The molecule has 0 saturated heterocycles. The summed E-state index contributed by atoms with van der Waals surface area (Å²) in [6.45, 7) is 9.00. The zero-order valence-corrected chi connectivity index (χ0v) is 14.9. The van der Waals surface area contributed by atoms with Crippen LogP contribution in [0.3, 0.4) is 0 Å². The quantitative estimate of drug-likeness (QED) is 0.684. The highest BCUT2D eigenvalue weighted by molar-refractivity contribution is 9.10. The molecule has 0 saturated carbocycles. The van der Waals surface area contributed by atoms with Crippen LogP contribution < -0.4 is 5.32 Å². The van der Waals surface area contributed by atoms with Gasteiger partial charge in [-0.05, 0) is 41.2 Å². The summed E-state index contributed by atoms with van der Waals surface area (Å²) >= 11 is 3.50. The molecule has 2 rings (SSSR count). The normalized spacial score (nSPS) is 13.0. The lowest BCUT2D eigenvalue weighted by atomic mass is 9.85. The standard InChI is InChI=1S/C19H24BrN/c1-5-17(14-10-12-15(20)13-11-14)21-18-9-7-6-8-16(18)19(2,3)4/h6-13,17,21H,5H2,1-4H3. The van der Waals surface area contributed by atoms with E-state index in [9.17, 15) is 0 Å². The van der Waals surface area contributed by atoms with Gasteiger partial charge in [-0.25, -0.2) is 0 Å². The van der Waals surface area contributed by atoms with Crippen molar-refractivity contribution in [2.24, 2.45) is 0 Å². The second-order valence-electron chi connectivity index (χ2n) is 6.45. The minimum Gasteiger partial charge on any atom is -0.378 e. The summed E-state index contributed by atoms with van der Waals surface area (Å²) in [6.07, 6.45) is 1.06. The Kier molecular flexibility index (Phi) is 5.10. The minimum absolute atomic E-state index is 0.140. The molecule has 0 bridgehead atoms. The molecule has 1 N–H and O–H groups in total. The van der Waals surface area contributed by atoms with Crippen molar-refractivity contribution >= 4 is 21.6 Å². The molecule has 1 unspecified atom stereocenters. The molecule has 0 radical (unpaired) electrons. The van der Waals surface area contributed by atoms with Crippen LogP contribution in [0.2, 0.25) is 0 Å². The molecule has 0 heterocycles. The van der Waals surface area contributed by atoms with Crippen LogP contribution in [0.5, 0.6) is 0 Å². The molecule has 0 aliphatic heterocycles. The smallest absolute Gasteiger partial charge is 0.0511 e. The molecule has 0 fully saturated rings. The van der Waals surface area contributed by atoms with E-state index < -0.39 is 0 Å². The minimum atomic E-state index is 0.140. The van der Waals surface area contributed by atoms with E-state index in [2.05, 4.69) is 97.5 Å². The number of halogens is 1. The fourth-order valence-electron chi connectivity index (χ4n) is 2.57. The topological polar surface area (TPSA) is 12.0 Å². The Morgan fingerprint density at radius 3 is 2.19 bits per heavy atom. The van der Waals surface area contributed by atoms with Crippen molar-refractivity contribution in [3.05, 3.63) is 64.1 Å². The summed E-state index contributed by atoms with van der Waals surface area (Å²) in [5.41, 5.74) is 4.06. The van der Waals surface area contributed by atoms with Crippen molar-refractivity contribution < 1.29 is 0 Å². The zero-order valence-electron chi connectivity index (χ0n) is 13.3. The van der Waals surface area contributed by atoms with E-state index >= 15 is 0 Å². The Bertz CT molecular complexity index is 581. The van der Waals surface area contributed by atoms with Gasteiger partial charge in [-0.1, -0.05) is 74.0 Å². The largest absolute Gasteiger partial charge is 0.378 e. The Balaban J connectivity index is 2.29. The van der Waals surface area contributed by atoms with Gasteiger partial charge in [0, 0.05) is 10.2 Å². The first-order chi connectivity index (χ1) is 9.91. The zero-order chi connectivity index (χ0) is 15.5. The van der Waals surface area contributed by atoms with E-state index in [1.807, 2.05) is 0 Å². The van der Waals surface area contributed by atoms with E-state index in [-0.39, 0.29) is 5.41 Å². The number of para-hydroxylation sites is 1. The van der Waals surface area contributed by atoms with E-state index in [4.69, 9.17) is 0 Å². The SMILES string of the molecule is CCC(Nc1ccccc1C(C)(C)C)c1ccc(Br)cc1. The van der Waals surface area contributed by atoms with Crippen molar-refractivity contribution in [3.8, 4) is 0 Å². The first-order valence-electron chi connectivity index (χ1n) is 7.53. The van der Waals surface area contributed by atoms with Crippen molar-refractivity contribution in [2.75, 3.05) is 5.32 Å². The lowest BCUT2D eigenvalue weighted by Crippen LogP contribution is -2.17. The molecule has 0 aliphatic rings. The molecule has 0 amide bonds. The number of hydrogen-bond acceptors (Lipinski definition) is 1. The maximum Gasteiger partial charge on any atom is 0.0511 e. The maximum absolute atomic E-state index is 3.72. The van der Waals surface area contributed by atoms with Gasteiger partial charge >= 0.3 is 0 Å². The summed E-state index contributed by atoms with van der Waals surface area (Å²) in [4.78, 5) is 0. The predicted octanol–water partition coefficient (Wildman–Crippen LogP) is 6.31. The third-order valence-corrected chi connectivity index (χ3v) is 4.27. The fourth-order valence-corrected chi connectivity index (χ4v) is 2.83. The molecule has 2 heteroatoms. The molecule has 2 aromatic carbocycles. The Morgan fingerprint density at radius 2 is 1.62 bits per heavy atom. The Labute approximate surface area is 136 Å². The number of nitrogens with one attached hydrogen (secondary N) is 1. The van der Waals surface area contributed by atoms with Crippen LogP contribution in [0.1, 0.15) is 51.3 Å². The van der Waals surface area contributed by atoms with Crippen LogP contribution in [0, 0.1) is 0 Å². The lowest BCUT2D eigenvalue weighted by molar-refractivity contribution is 0.589. The van der Waals surface area contributed by atoms with Crippen LogP contribution in [0.25, 0.3) is 0 Å². The maximum atomic E-state index is 3.72. The van der Waals surface area contributed by atoms with E-state index in [1.165, 1.54) is 16.8 Å². The Hall–Kier alpha value is -1.28. The second kappa shape index (κ2) is 6.65. The molecular weight excluding hydrogens is 322 g/mol. The van der Waals surface area contributed by atoms with Gasteiger partial charge in [0.1, 0.15) is 0 Å². The summed E-state index contributed by atoms with van der Waals surface area (Å²) in [5, 5.41) is 3.72. The van der Waals surface area contributed by atoms with Gasteiger partial charge in [0.05, 0.1) is 6.04 Å². The Morgan fingerprint density at radius 1 is 1.00 bits per heavy atom. The van der Waals surface area contributed by atoms with Gasteiger partial charge in [-0.15, -0.1) is 0 Å². The third-order valence-electron chi connectivity index (χ3n) is 3.75. The molecular formula is C19H24BrN. The molecule has 0 aromatic heterocycles. The summed E-state index contributed by atoms with van der Waals surface area (Å²) in [5.74, 6) is 0. The summed E-state index contributed by atoms with van der Waals surface area (Å²) in [6, 6.07) is 17.5. The van der Waals surface area contributed by atoms with Crippen molar-refractivity contribution in [1.29, 1.82) is 0 Å². The molecule has 1 atom stereocenters. The molecule has 2 aromatic rings. The number of benzene rings is 2. The van der Waals surface area contributed by atoms with Gasteiger partial charge in [-0.2, -0.15) is 0 Å². The highest BCUT2D eigenvalue weighted by Crippen LogP contribution is 2.32. The van der Waals surface area contributed by atoms with Crippen molar-refractivity contribution in [3.63, 3.8) is 0 Å². The summed E-state index contributed by atoms with van der Waals surface area (Å²) in [7, 11) is 0. The second-order valence-corrected chi connectivity index (χ2v) is 7.37.